The lowest BCUT2D eigenvalue weighted by atomic mass is 10.1. The number of carbonyl (C=O) groups excluding carboxylic acids is 1. The number of aliphatic carboxylic acids is 1. The normalized spacial score (nSPS) is 15.3. The van der Waals surface area contributed by atoms with Gasteiger partial charge in [0.2, 0.25) is 10.0 Å². The number of morpholine rings is 1. The zero-order valence-electron chi connectivity index (χ0n) is 15.5. The lowest BCUT2D eigenvalue weighted by Crippen LogP contribution is -2.43. The van der Waals surface area contributed by atoms with Gasteiger partial charge in [-0.15, -0.1) is 0 Å². The third-order valence-electron chi connectivity index (χ3n) is 4.27. The van der Waals surface area contributed by atoms with E-state index in [1.165, 1.54) is 10.4 Å². The monoisotopic (exact) mass is 399 g/mol. The molecule has 2 rings (SSSR count). The fourth-order valence-electron chi connectivity index (χ4n) is 2.85. The molecule has 0 unspecified atom stereocenters. The van der Waals surface area contributed by atoms with Gasteiger partial charge in [-0.25, -0.2) is 8.42 Å². The van der Waals surface area contributed by atoms with E-state index in [1.54, 1.807) is 19.1 Å². The molecule has 0 aromatic heterocycles. The molecule has 0 spiro atoms. The topological polar surface area (TPSA) is 116 Å². The molecule has 2 N–H and O–H groups in total. The van der Waals surface area contributed by atoms with E-state index in [4.69, 9.17) is 9.84 Å². The van der Waals surface area contributed by atoms with Crippen LogP contribution in [0.4, 0.5) is 5.69 Å². The number of aryl methyl sites for hydroxylation is 1. The Morgan fingerprint density at radius 1 is 1.30 bits per heavy atom. The van der Waals surface area contributed by atoms with E-state index in [-0.39, 0.29) is 0 Å². The molecular weight excluding hydrogens is 374 g/mol. The van der Waals surface area contributed by atoms with Crippen LogP contribution in [0.15, 0.2) is 18.2 Å². The van der Waals surface area contributed by atoms with E-state index in [2.05, 4.69) is 10.2 Å². The minimum atomic E-state index is -3.49. The predicted octanol–water partition coefficient (Wildman–Crippen LogP) is -0.0924. The van der Waals surface area contributed by atoms with Crippen LogP contribution < -0.4 is 9.62 Å². The van der Waals surface area contributed by atoms with Crippen molar-refractivity contribution in [1.82, 2.24) is 10.2 Å². The van der Waals surface area contributed by atoms with Crippen LogP contribution >= 0.6 is 0 Å². The molecule has 1 aliphatic heterocycles. The maximum absolute atomic E-state index is 12.3. The summed E-state index contributed by atoms with van der Waals surface area (Å²) in [6, 6.07) is 4.69. The Morgan fingerprint density at radius 3 is 2.52 bits per heavy atom. The van der Waals surface area contributed by atoms with Crippen molar-refractivity contribution in [1.29, 1.82) is 0 Å². The summed E-state index contributed by atoms with van der Waals surface area (Å²) in [4.78, 5) is 24.8. The predicted molar refractivity (Wildman–Crippen MR) is 101 cm³/mol. The zero-order valence-corrected chi connectivity index (χ0v) is 16.3. The number of rotatable bonds is 8. The van der Waals surface area contributed by atoms with E-state index < -0.39 is 28.4 Å². The van der Waals surface area contributed by atoms with Gasteiger partial charge in [0.1, 0.15) is 6.54 Å². The van der Waals surface area contributed by atoms with Crippen molar-refractivity contribution in [3.8, 4) is 0 Å². The Balaban J connectivity index is 2.14. The Morgan fingerprint density at radius 2 is 1.96 bits per heavy atom. The van der Waals surface area contributed by atoms with Crippen molar-refractivity contribution >= 4 is 27.6 Å². The van der Waals surface area contributed by atoms with Gasteiger partial charge in [-0.3, -0.25) is 18.8 Å². The molecule has 1 heterocycles. The van der Waals surface area contributed by atoms with Crippen molar-refractivity contribution in [2.45, 2.75) is 6.92 Å². The number of nitrogens with one attached hydrogen (secondary N) is 1. The van der Waals surface area contributed by atoms with Crippen LogP contribution in [0.1, 0.15) is 15.9 Å². The summed E-state index contributed by atoms with van der Waals surface area (Å²) in [6.07, 6.45) is 1.15. The molecule has 0 saturated carbocycles. The number of nitrogens with zero attached hydrogens (tertiary/aromatic N) is 2. The molecule has 10 heteroatoms. The fraction of sp³-hybridized carbons (Fsp3) is 0.529. The number of carbonyl (C=O) groups is 2. The van der Waals surface area contributed by atoms with E-state index >= 15 is 0 Å². The molecule has 1 saturated heterocycles. The fourth-order valence-corrected chi connectivity index (χ4v) is 3.76. The highest BCUT2D eigenvalue weighted by Crippen LogP contribution is 2.22. The quantitative estimate of drug-likeness (QED) is 0.627. The SMILES string of the molecule is Cc1cc(N(CCN2CCOCC2)S(C)(=O)=O)ccc1C(=O)NCC(=O)O. The van der Waals surface area contributed by atoms with Crippen molar-refractivity contribution < 1.29 is 27.9 Å². The Hall–Kier alpha value is -2.17. The molecule has 0 bridgehead atoms. The number of carboxylic acid groups (broad SMARTS) is 1. The second-order valence-electron chi connectivity index (χ2n) is 6.36. The Labute approximate surface area is 159 Å². The highest BCUT2D eigenvalue weighted by molar-refractivity contribution is 7.92. The smallest absolute Gasteiger partial charge is 0.322 e. The molecule has 27 heavy (non-hydrogen) atoms. The standard InChI is InChI=1S/C17H25N3O6S/c1-13-11-14(3-4-15(13)17(23)18-12-16(21)22)20(27(2,24)25)6-5-19-7-9-26-10-8-19/h3-4,11H,5-10,12H2,1-2H3,(H,18,23)(H,21,22). The second-order valence-corrected chi connectivity index (χ2v) is 8.27. The molecule has 9 nitrogen and oxygen atoms in total. The zero-order chi connectivity index (χ0) is 20.0. The third-order valence-corrected chi connectivity index (χ3v) is 5.46. The van der Waals surface area contributed by atoms with Gasteiger partial charge in [-0.1, -0.05) is 0 Å². The highest BCUT2D eigenvalue weighted by Gasteiger charge is 2.21. The number of hydrogen-bond acceptors (Lipinski definition) is 6. The van der Waals surface area contributed by atoms with E-state index in [1.807, 2.05) is 0 Å². The lowest BCUT2D eigenvalue weighted by Gasteiger charge is -2.30. The highest BCUT2D eigenvalue weighted by atomic mass is 32.2. The van der Waals surface area contributed by atoms with Gasteiger partial charge < -0.3 is 15.2 Å². The first-order valence-corrected chi connectivity index (χ1v) is 10.4. The maximum atomic E-state index is 12.3. The summed E-state index contributed by atoms with van der Waals surface area (Å²) in [5.41, 5.74) is 1.34. The molecule has 1 fully saturated rings. The Bertz CT molecular complexity index is 790. The second kappa shape index (κ2) is 9.16. The van der Waals surface area contributed by atoms with Gasteiger partial charge in [-0.05, 0) is 30.7 Å². The minimum Gasteiger partial charge on any atom is -0.480 e. The van der Waals surface area contributed by atoms with Gasteiger partial charge in [0.15, 0.2) is 0 Å². The molecule has 1 aromatic carbocycles. The van der Waals surface area contributed by atoms with Crippen molar-refractivity contribution in [3.63, 3.8) is 0 Å². The average molecular weight is 399 g/mol. The van der Waals surface area contributed by atoms with Crippen molar-refractivity contribution in [3.05, 3.63) is 29.3 Å². The number of ether oxygens (including phenoxy) is 1. The molecular formula is C17H25N3O6S. The lowest BCUT2D eigenvalue weighted by molar-refractivity contribution is -0.135. The van der Waals surface area contributed by atoms with Gasteiger partial charge >= 0.3 is 5.97 Å². The minimum absolute atomic E-state index is 0.294. The number of sulfonamides is 1. The van der Waals surface area contributed by atoms with Crippen LogP contribution in [-0.4, -0.2) is 82.5 Å². The number of benzene rings is 1. The molecule has 150 valence electrons. The average Bonchev–Trinajstić information content (AvgIpc) is 2.59. The molecule has 0 radical (unpaired) electrons. The first-order chi connectivity index (χ1) is 12.7. The van der Waals surface area contributed by atoms with Crippen LogP contribution in [0.25, 0.3) is 0 Å². The number of carboxylic acids is 1. The summed E-state index contributed by atoms with van der Waals surface area (Å²) in [7, 11) is -3.49. The Kier molecular flexibility index (Phi) is 7.17. The third kappa shape index (κ3) is 6.19. The van der Waals surface area contributed by atoms with Gasteiger partial charge in [0.05, 0.1) is 25.2 Å². The van der Waals surface area contributed by atoms with Crippen molar-refractivity contribution in [2.24, 2.45) is 0 Å². The number of anilines is 1. The summed E-state index contributed by atoms with van der Waals surface area (Å²) in [6.45, 7) is 4.88. The number of amides is 1. The molecule has 1 amide bonds. The van der Waals surface area contributed by atoms with Crippen LogP contribution in [-0.2, 0) is 19.6 Å². The largest absolute Gasteiger partial charge is 0.480 e. The van der Waals surface area contributed by atoms with Crippen LogP contribution in [0.5, 0.6) is 0 Å². The van der Waals surface area contributed by atoms with E-state index in [0.29, 0.717) is 43.1 Å². The van der Waals surface area contributed by atoms with Crippen LogP contribution in [0, 0.1) is 6.92 Å². The van der Waals surface area contributed by atoms with Gasteiger partial charge in [0.25, 0.3) is 5.91 Å². The molecule has 0 atom stereocenters. The molecule has 1 aliphatic rings. The molecule has 0 aliphatic carbocycles. The number of hydrogen-bond donors (Lipinski definition) is 2. The first-order valence-electron chi connectivity index (χ1n) is 8.57. The first kappa shape index (κ1) is 21.1. The maximum Gasteiger partial charge on any atom is 0.322 e. The van der Waals surface area contributed by atoms with Crippen molar-refractivity contribution in [2.75, 3.05) is 56.5 Å². The summed E-state index contributed by atoms with van der Waals surface area (Å²) in [5, 5.41) is 10.9. The van der Waals surface area contributed by atoms with Crippen LogP contribution in [0.2, 0.25) is 0 Å². The van der Waals surface area contributed by atoms with Gasteiger partial charge in [0, 0.05) is 31.7 Å². The summed E-state index contributed by atoms with van der Waals surface area (Å²) >= 11 is 0. The van der Waals surface area contributed by atoms with Crippen LogP contribution in [0.3, 0.4) is 0 Å². The van der Waals surface area contributed by atoms with E-state index in [0.717, 1.165) is 19.3 Å². The van der Waals surface area contributed by atoms with Gasteiger partial charge in [-0.2, -0.15) is 0 Å². The summed E-state index contributed by atoms with van der Waals surface area (Å²) in [5.74, 6) is -1.65. The van der Waals surface area contributed by atoms with E-state index in [9.17, 15) is 18.0 Å². The molecule has 1 aromatic rings. The summed E-state index contributed by atoms with van der Waals surface area (Å²) < 4.78 is 31.1.